The average molecular weight is 557 g/mol. The normalized spacial score (nSPS) is 11.4. The summed E-state index contributed by atoms with van der Waals surface area (Å²) in [6.45, 7) is 0. The van der Waals surface area contributed by atoms with Crippen LogP contribution in [-0.2, 0) is 4.79 Å². The molecule has 0 radical (unpaired) electrons. The molecule has 156 valence electrons. The number of ketones is 1. The number of hydrogen-bond donors (Lipinski definition) is 1. The molecule has 0 atom stereocenters. The van der Waals surface area contributed by atoms with E-state index in [1.165, 1.54) is 35.0 Å². The van der Waals surface area contributed by atoms with Gasteiger partial charge in [0, 0.05) is 56.0 Å². The Balaban J connectivity index is 0.000000207. The monoisotopic (exact) mass is 558 g/mol. The molecule has 0 unspecified atom stereocenters. The number of carbonyl (C=O) groups excluding carboxylic acids is 1. The smallest absolute Gasteiger partial charge is 0.454 e. The van der Waals surface area contributed by atoms with Crippen molar-refractivity contribution in [1.82, 2.24) is 4.98 Å². The SMILES string of the molecule is O=C(/C=C(\O)c1ccccc1)C(F)(F)F.[Dy].[c-]1cccc2ccc3cccnc3c12. The number of fused-ring (bicyclic) bond motifs is 3. The van der Waals surface area contributed by atoms with Crippen LogP contribution >= 0.6 is 0 Å². The molecule has 0 saturated carbocycles. The van der Waals surface area contributed by atoms with Crippen molar-refractivity contribution in [3.8, 4) is 0 Å². The molecule has 30 heavy (non-hydrogen) atoms. The molecule has 1 N–H and O–H groups in total. The van der Waals surface area contributed by atoms with E-state index in [-0.39, 0.29) is 49.8 Å². The van der Waals surface area contributed by atoms with E-state index in [0.717, 1.165) is 10.9 Å². The third kappa shape index (κ3) is 6.05. The number of carbonyl (C=O) groups is 1. The summed E-state index contributed by atoms with van der Waals surface area (Å²) < 4.78 is 35.5. The van der Waals surface area contributed by atoms with Crippen molar-refractivity contribution in [2.75, 3.05) is 0 Å². The van der Waals surface area contributed by atoms with Crippen LogP contribution in [0.25, 0.3) is 27.4 Å². The number of aromatic nitrogens is 1. The summed E-state index contributed by atoms with van der Waals surface area (Å²) in [6, 6.07) is 25.0. The second-order valence-corrected chi connectivity index (χ2v) is 6.03. The van der Waals surface area contributed by atoms with E-state index in [9.17, 15) is 23.1 Å². The zero-order chi connectivity index (χ0) is 20.9. The molecule has 0 aliphatic heterocycles. The van der Waals surface area contributed by atoms with Crippen LogP contribution < -0.4 is 0 Å². The van der Waals surface area contributed by atoms with Crippen LogP contribution in [0.3, 0.4) is 0 Å². The third-order valence-electron chi connectivity index (χ3n) is 4.02. The molecule has 0 fully saturated rings. The van der Waals surface area contributed by atoms with Gasteiger partial charge in [-0.1, -0.05) is 48.5 Å². The Kier molecular flexibility index (Phi) is 8.42. The number of hydrogen-bond acceptors (Lipinski definition) is 3. The largest absolute Gasteiger partial charge is 0.507 e. The number of pyridine rings is 1. The first kappa shape index (κ1) is 23.9. The molecule has 1 heterocycles. The minimum absolute atomic E-state index is 0. The van der Waals surface area contributed by atoms with E-state index in [0.29, 0.717) is 0 Å². The Morgan fingerprint density at radius 2 is 1.60 bits per heavy atom. The van der Waals surface area contributed by atoms with Crippen molar-refractivity contribution < 1.29 is 61.2 Å². The van der Waals surface area contributed by atoms with Crippen molar-refractivity contribution >= 4 is 33.2 Å². The van der Waals surface area contributed by atoms with E-state index in [1.807, 2.05) is 24.4 Å². The second-order valence-electron chi connectivity index (χ2n) is 6.03. The fourth-order valence-corrected chi connectivity index (χ4v) is 2.63. The number of aliphatic hydroxyl groups excluding tert-OH is 1. The number of halogens is 3. The van der Waals surface area contributed by atoms with Gasteiger partial charge in [-0.05, 0) is 17.0 Å². The maximum absolute atomic E-state index is 11.8. The zero-order valence-electron chi connectivity index (χ0n) is 15.3. The van der Waals surface area contributed by atoms with Crippen LogP contribution in [0.4, 0.5) is 13.2 Å². The van der Waals surface area contributed by atoms with E-state index >= 15 is 0 Å². The fraction of sp³-hybridized carbons (Fsp3) is 0.0435. The molecule has 0 saturated heterocycles. The van der Waals surface area contributed by atoms with Gasteiger partial charge in [0.15, 0.2) is 0 Å². The van der Waals surface area contributed by atoms with Gasteiger partial charge < -0.3 is 10.1 Å². The maximum atomic E-state index is 11.8. The number of allylic oxidation sites excluding steroid dienone is 1. The summed E-state index contributed by atoms with van der Waals surface area (Å²) in [5.41, 5.74) is 1.20. The maximum Gasteiger partial charge on any atom is 0.454 e. The van der Waals surface area contributed by atoms with Crippen LogP contribution in [0.1, 0.15) is 5.56 Å². The van der Waals surface area contributed by atoms with Gasteiger partial charge in [0.1, 0.15) is 5.76 Å². The van der Waals surface area contributed by atoms with Gasteiger partial charge in [0.05, 0.1) is 0 Å². The van der Waals surface area contributed by atoms with Crippen molar-refractivity contribution in [3.63, 3.8) is 0 Å². The first-order chi connectivity index (χ1) is 13.9. The Morgan fingerprint density at radius 3 is 2.30 bits per heavy atom. The molecule has 4 rings (SSSR count). The molecule has 3 aromatic carbocycles. The predicted molar refractivity (Wildman–Crippen MR) is 106 cm³/mol. The first-order valence-electron chi connectivity index (χ1n) is 8.57. The molecule has 0 spiro atoms. The predicted octanol–water partition coefficient (Wildman–Crippen LogP) is 5.91. The van der Waals surface area contributed by atoms with Crippen molar-refractivity contribution in [2.45, 2.75) is 6.18 Å². The minimum Gasteiger partial charge on any atom is -0.507 e. The van der Waals surface area contributed by atoms with Crippen LogP contribution in [0, 0.1) is 44.2 Å². The molecule has 4 aromatic rings. The molecule has 0 aliphatic rings. The molecular formula is C23H15DyF3NO2-. The first-order valence-corrected chi connectivity index (χ1v) is 8.57. The molecule has 0 bridgehead atoms. The molecule has 1 aromatic heterocycles. The second kappa shape index (κ2) is 10.6. The van der Waals surface area contributed by atoms with Gasteiger partial charge in [0.2, 0.25) is 0 Å². The standard InChI is InChI=1S/C13H8N.C10H7F3O2.Dy/c1-2-6-12-10(4-1)7-8-11-5-3-9-14-13(11)12;11-10(12,13)9(15)6-8(14)7-4-2-1-3-5-7;/h1-5,7-9H;1-6,14H;/q-1;;/b;8-6-;. The van der Waals surface area contributed by atoms with Gasteiger partial charge in [-0.2, -0.15) is 13.2 Å². The van der Waals surface area contributed by atoms with Crippen LogP contribution in [-0.4, -0.2) is 22.1 Å². The number of alkyl halides is 3. The van der Waals surface area contributed by atoms with Crippen molar-refractivity contribution in [3.05, 3.63) is 96.7 Å². The van der Waals surface area contributed by atoms with Gasteiger partial charge in [0.25, 0.3) is 5.78 Å². The summed E-state index contributed by atoms with van der Waals surface area (Å²) in [7, 11) is 0. The third-order valence-corrected chi connectivity index (χ3v) is 4.02. The number of rotatable bonds is 2. The summed E-state index contributed by atoms with van der Waals surface area (Å²) >= 11 is 0. The quantitative estimate of drug-likeness (QED) is 0.145. The van der Waals surface area contributed by atoms with Crippen molar-refractivity contribution in [1.29, 1.82) is 0 Å². The average Bonchev–Trinajstić information content (AvgIpc) is 2.74. The molecule has 7 heteroatoms. The Bertz CT molecular complexity index is 1120. The molecule has 0 amide bonds. The van der Waals surface area contributed by atoms with E-state index < -0.39 is 17.7 Å². The topological polar surface area (TPSA) is 50.2 Å². The Morgan fingerprint density at radius 1 is 0.933 bits per heavy atom. The van der Waals surface area contributed by atoms with Gasteiger partial charge >= 0.3 is 6.18 Å². The van der Waals surface area contributed by atoms with E-state index in [2.05, 4.69) is 35.3 Å². The Hall–Kier alpha value is -2.40. The minimum atomic E-state index is -4.96. The molecule has 3 nitrogen and oxygen atoms in total. The van der Waals surface area contributed by atoms with Crippen LogP contribution in [0.5, 0.6) is 0 Å². The summed E-state index contributed by atoms with van der Waals surface area (Å²) in [4.78, 5) is 14.9. The van der Waals surface area contributed by atoms with Gasteiger partial charge in [-0.3, -0.25) is 4.79 Å². The zero-order valence-corrected chi connectivity index (χ0v) is 17.4. The van der Waals surface area contributed by atoms with Gasteiger partial charge in [-0.25, -0.2) is 0 Å². The van der Waals surface area contributed by atoms with E-state index in [1.54, 1.807) is 6.07 Å². The summed E-state index contributed by atoms with van der Waals surface area (Å²) in [6.07, 6.45) is -2.97. The summed E-state index contributed by atoms with van der Waals surface area (Å²) in [5.74, 6) is -2.78. The number of aliphatic hydroxyl groups is 1. The molecular weight excluding hydrogens is 542 g/mol. The van der Waals surface area contributed by atoms with Gasteiger partial charge in [-0.15, -0.1) is 35.0 Å². The molecule has 0 aliphatic carbocycles. The number of nitrogens with zero attached hydrogens (tertiary/aromatic N) is 1. The van der Waals surface area contributed by atoms with Crippen LogP contribution in [0.15, 0.2) is 85.1 Å². The van der Waals surface area contributed by atoms with Crippen LogP contribution in [0.2, 0.25) is 0 Å². The summed E-state index contributed by atoms with van der Waals surface area (Å²) in [5, 5.41) is 12.7. The Labute approximate surface area is 201 Å². The van der Waals surface area contributed by atoms with Crippen molar-refractivity contribution in [2.24, 2.45) is 0 Å². The fourth-order valence-electron chi connectivity index (χ4n) is 2.63. The van der Waals surface area contributed by atoms with E-state index in [4.69, 9.17) is 0 Å². The number of benzene rings is 3.